The number of aromatic nitrogens is 2. The Bertz CT molecular complexity index is 602. The van der Waals surface area contributed by atoms with E-state index in [1.807, 2.05) is 43.3 Å². The maximum absolute atomic E-state index is 4.25. The Kier molecular flexibility index (Phi) is 5.16. The number of aromatic amines is 1. The third-order valence-electron chi connectivity index (χ3n) is 2.84. The van der Waals surface area contributed by atoms with Gasteiger partial charge in [0, 0.05) is 24.3 Å². The summed E-state index contributed by atoms with van der Waals surface area (Å²) in [6.07, 6.45) is 1.89. The van der Waals surface area contributed by atoms with Gasteiger partial charge >= 0.3 is 0 Å². The van der Waals surface area contributed by atoms with Gasteiger partial charge < -0.3 is 0 Å². The maximum Gasteiger partial charge on any atom is 0.0765 e. The summed E-state index contributed by atoms with van der Waals surface area (Å²) in [5, 5.41) is 7.21. The normalized spacial score (nSPS) is 10.1. The third-order valence-corrected chi connectivity index (χ3v) is 2.84. The summed E-state index contributed by atoms with van der Waals surface area (Å²) in [6.45, 7) is 8.08. The van der Waals surface area contributed by atoms with E-state index in [1.54, 1.807) is 0 Å². The number of H-pyrrole nitrogens is 1. The zero-order valence-electron chi connectivity index (χ0n) is 11.8. The van der Waals surface area contributed by atoms with E-state index in [0.29, 0.717) is 6.54 Å². The number of hydrogen-bond acceptors (Lipinski definition) is 2. The van der Waals surface area contributed by atoms with Crippen LogP contribution in [0.3, 0.4) is 0 Å². The first-order valence-corrected chi connectivity index (χ1v) is 6.66. The molecule has 0 fully saturated rings. The molecule has 20 heavy (non-hydrogen) atoms. The Morgan fingerprint density at radius 3 is 2.80 bits per heavy atom. The van der Waals surface area contributed by atoms with Crippen molar-refractivity contribution in [3.63, 3.8) is 0 Å². The number of benzene rings is 1. The fourth-order valence-electron chi connectivity index (χ4n) is 1.93. The fourth-order valence-corrected chi connectivity index (χ4v) is 1.93. The van der Waals surface area contributed by atoms with Crippen LogP contribution in [0.5, 0.6) is 0 Å². The van der Waals surface area contributed by atoms with Crippen LogP contribution >= 0.6 is 0 Å². The fraction of sp³-hybridized carbons (Fsp3) is 0.235. The van der Waals surface area contributed by atoms with Crippen molar-refractivity contribution < 1.29 is 0 Å². The second-order valence-electron chi connectivity index (χ2n) is 4.67. The average Bonchev–Trinajstić information content (AvgIpc) is 2.85. The predicted octanol–water partition coefficient (Wildman–Crippen LogP) is 2.76. The molecule has 102 valence electrons. The second-order valence-corrected chi connectivity index (χ2v) is 4.67. The molecule has 0 amide bonds. The van der Waals surface area contributed by atoms with Crippen LogP contribution in [-0.2, 0) is 6.54 Å². The molecule has 0 spiro atoms. The number of hydrogen-bond donors (Lipinski definition) is 1. The van der Waals surface area contributed by atoms with Crippen molar-refractivity contribution in [2.75, 3.05) is 13.1 Å². The highest BCUT2D eigenvalue weighted by atomic mass is 15.2. The molecule has 3 heteroatoms. The van der Waals surface area contributed by atoms with E-state index >= 15 is 0 Å². The Balaban J connectivity index is 1.96. The van der Waals surface area contributed by atoms with Crippen LogP contribution in [0.25, 0.3) is 0 Å². The standard InChI is InChI=1S/C17H19N3/c1-3-11-20(14-17-13-15(2)18-19-17)12-7-10-16-8-5-4-6-9-16/h3-6,8-9,13H,1,11-12,14H2,2H3,(H,18,19). The van der Waals surface area contributed by atoms with Crippen molar-refractivity contribution in [2.45, 2.75) is 13.5 Å². The zero-order chi connectivity index (χ0) is 14.2. The molecule has 0 bridgehead atoms. The van der Waals surface area contributed by atoms with Crippen LogP contribution in [-0.4, -0.2) is 28.2 Å². The molecule has 3 nitrogen and oxygen atoms in total. The molecule has 2 aromatic rings. The highest BCUT2D eigenvalue weighted by molar-refractivity contribution is 5.33. The lowest BCUT2D eigenvalue weighted by atomic mass is 10.2. The van der Waals surface area contributed by atoms with E-state index in [-0.39, 0.29) is 0 Å². The molecule has 0 unspecified atom stereocenters. The first kappa shape index (κ1) is 14.1. The van der Waals surface area contributed by atoms with Gasteiger partial charge in [0.1, 0.15) is 0 Å². The predicted molar refractivity (Wildman–Crippen MR) is 82.1 cm³/mol. The van der Waals surface area contributed by atoms with E-state index in [2.05, 4.69) is 39.6 Å². The molecule has 0 atom stereocenters. The van der Waals surface area contributed by atoms with Gasteiger partial charge in [-0.2, -0.15) is 5.10 Å². The van der Waals surface area contributed by atoms with Crippen LogP contribution in [0, 0.1) is 18.8 Å². The van der Waals surface area contributed by atoms with Crippen molar-refractivity contribution in [2.24, 2.45) is 0 Å². The molecule has 1 aromatic heterocycles. The Labute approximate surface area is 120 Å². The average molecular weight is 265 g/mol. The first-order chi connectivity index (χ1) is 9.78. The summed E-state index contributed by atoms with van der Waals surface area (Å²) < 4.78 is 0. The molecule has 0 saturated heterocycles. The molecule has 0 aliphatic carbocycles. The van der Waals surface area contributed by atoms with Crippen molar-refractivity contribution in [3.8, 4) is 11.8 Å². The van der Waals surface area contributed by atoms with Crippen molar-refractivity contribution in [1.29, 1.82) is 0 Å². The van der Waals surface area contributed by atoms with Crippen LogP contribution in [0.2, 0.25) is 0 Å². The molecule has 1 N–H and O–H groups in total. The van der Waals surface area contributed by atoms with Gasteiger partial charge in [-0.05, 0) is 25.1 Å². The van der Waals surface area contributed by atoms with E-state index in [4.69, 9.17) is 0 Å². The minimum atomic E-state index is 0.701. The van der Waals surface area contributed by atoms with Gasteiger partial charge in [-0.25, -0.2) is 0 Å². The number of nitrogens with zero attached hydrogens (tertiary/aromatic N) is 2. The van der Waals surface area contributed by atoms with Gasteiger partial charge in [0.05, 0.1) is 12.2 Å². The smallest absolute Gasteiger partial charge is 0.0765 e. The van der Waals surface area contributed by atoms with Crippen LogP contribution in [0.4, 0.5) is 0 Å². The molecule has 0 saturated carbocycles. The molecule has 1 aromatic carbocycles. The van der Waals surface area contributed by atoms with Gasteiger partial charge in [-0.1, -0.05) is 36.1 Å². The van der Waals surface area contributed by atoms with E-state index < -0.39 is 0 Å². The molecular weight excluding hydrogens is 246 g/mol. The highest BCUT2D eigenvalue weighted by Gasteiger charge is 2.05. The summed E-state index contributed by atoms with van der Waals surface area (Å²) in [5.41, 5.74) is 3.15. The summed E-state index contributed by atoms with van der Waals surface area (Å²) in [6, 6.07) is 12.1. The molecular formula is C17H19N3. The van der Waals surface area contributed by atoms with Crippen LogP contribution in [0.15, 0.2) is 49.1 Å². The topological polar surface area (TPSA) is 31.9 Å². The molecule has 1 heterocycles. The molecule has 0 aliphatic heterocycles. The van der Waals surface area contributed by atoms with Gasteiger partial charge in [0.2, 0.25) is 0 Å². The number of aryl methyl sites for hydroxylation is 1. The third kappa shape index (κ3) is 4.42. The minimum absolute atomic E-state index is 0.701. The summed E-state index contributed by atoms with van der Waals surface area (Å²) >= 11 is 0. The summed E-state index contributed by atoms with van der Waals surface area (Å²) in [7, 11) is 0. The lowest BCUT2D eigenvalue weighted by Crippen LogP contribution is -2.23. The first-order valence-electron chi connectivity index (χ1n) is 6.66. The highest BCUT2D eigenvalue weighted by Crippen LogP contribution is 2.03. The monoisotopic (exact) mass is 265 g/mol. The SMILES string of the molecule is C=CCN(CC#Cc1ccccc1)Cc1cc(C)[nH]n1. The van der Waals surface area contributed by atoms with Crippen molar-refractivity contribution >= 4 is 0 Å². The maximum atomic E-state index is 4.25. The van der Waals surface area contributed by atoms with E-state index in [9.17, 15) is 0 Å². The summed E-state index contributed by atoms with van der Waals surface area (Å²) in [4.78, 5) is 2.21. The lowest BCUT2D eigenvalue weighted by molar-refractivity contribution is 0.328. The minimum Gasteiger partial charge on any atom is -0.283 e. The van der Waals surface area contributed by atoms with Gasteiger partial charge in [-0.15, -0.1) is 6.58 Å². The number of rotatable bonds is 5. The molecule has 0 radical (unpaired) electrons. The van der Waals surface area contributed by atoms with Gasteiger partial charge in [0.25, 0.3) is 0 Å². The van der Waals surface area contributed by atoms with Crippen molar-refractivity contribution in [3.05, 3.63) is 66.0 Å². The van der Waals surface area contributed by atoms with Crippen molar-refractivity contribution in [1.82, 2.24) is 15.1 Å². The Morgan fingerprint density at radius 1 is 1.35 bits per heavy atom. The van der Waals surface area contributed by atoms with Crippen LogP contribution in [0.1, 0.15) is 17.0 Å². The van der Waals surface area contributed by atoms with Gasteiger partial charge in [0.15, 0.2) is 0 Å². The lowest BCUT2D eigenvalue weighted by Gasteiger charge is -2.15. The quantitative estimate of drug-likeness (QED) is 0.666. The number of nitrogens with one attached hydrogen (secondary N) is 1. The van der Waals surface area contributed by atoms with E-state index in [1.165, 1.54) is 0 Å². The largest absolute Gasteiger partial charge is 0.283 e. The van der Waals surface area contributed by atoms with E-state index in [0.717, 1.165) is 30.0 Å². The molecule has 2 rings (SSSR count). The second kappa shape index (κ2) is 7.32. The van der Waals surface area contributed by atoms with Gasteiger partial charge in [-0.3, -0.25) is 10.00 Å². The Hall–Kier alpha value is -2.31. The summed E-state index contributed by atoms with van der Waals surface area (Å²) in [5.74, 6) is 6.37. The molecule has 0 aliphatic rings. The zero-order valence-corrected chi connectivity index (χ0v) is 11.8. The Morgan fingerprint density at radius 2 is 2.15 bits per heavy atom. The van der Waals surface area contributed by atoms with Crippen LogP contribution < -0.4 is 0 Å².